The van der Waals surface area contributed by atoms with Crippen LogP contribution in [-0.2, 0) is 6.42 Å². The number of aromatic carboxylic acids is 1. The molecule has 0 aromatic heterocycles. The second kappa shape index (κ2) is 8.80. The molecule has 3 nitrogen and oxygen atoms in total. The number of hydrogen-bond acceptors (Lipinski definition) is 2. The van der Waals surface area contributed by atoms with E-state index in [1.54, 1.807) is 13.0 Å². The summed E-state index contributed by atoms with van der Waals surface area (Å²) in [5.41, 5.74) is 2.13. The molecule has 1 aliphatic carbocycles. The van der Waals surface area contributed by atoms with Crippen LogP contribution in [0, 0.1) is 30.4 Å². The molecule has 0 saturated heterocycles. The predicted molar refractivity (Wildman–Crippen MR) is 109 cm³/mol. The van der Waals surface area contributed by atoms with Crippen LogP contribution in [0.15, 0.2) is 30.3 Å². The van der Waals surface area contributed by atoms with Gasteiger partial charge in [0.15, 0.2) is 11.6 Å². The van der Waals surface area contributed by atoms with Gasteiger partial charge in [0.25, 0.3) is 0 Å². The third kappa shape index (κ3) is 4.46. The number of benzene rings is 2. The van der Waals surface area contributed by atoms with E-state index in [1.165, 1.54) is 6.07 Å². The SMILES string of the molecule is Cc1cc(F)c(F)cc1-c1c(CCC[C@@H]2[C@@H](C)[C@H](O)C[C@H]2Cl)cccc1C(=O)O. The van der Waals surface area contributed by atoms with Gasteiger partial charge in [0.2, 0.25) is 0 Å². The molecule has 0 radical (unpaired) electrons. The molecule has 0 amide bonds. The molecule has 0 heterocycles. The first-order chi connectivity index (χ1) is 13.7. The van der Waals surface area contributed by atoms with Crippen molar-refractivity contribution in [3.8, 4) is 11.1 Å². The number of carboxylic acid groups (broad SMARTS) is 1. The summed E-state index contributed by atoms with van der Waals surface area (Å²) in [6.07, 6.45) is 2.33. The van der Waals surface area contributed by atoms with Crippen LogP contribution in [0.1, 0.15) is 47.7 Å². The number of halogens is 3. The van der Waals surface area contributed by atoms with Crippen molar-refractivity contribution >= 4 is 17.6 Å². The van der Waals surface area contributed by atoms with Crippen molar-refractivity contribution in [1.29, 1.82) is 0 Å². The van der Waals surface area contributed by atoms with Gasteiger partial charge >= 0.3 is 5.97 Å². The molecule has 0 bridgehead atoms. The number of carboxylic acids is 1. The molecule has 2 aromatic carbocycles. The van der Waals surface area contributed by atoms with E-state index in [1.807, 2.05) is 13.0 Å². The molecule has 0 unspecified atom stereocenters. The fraction of sp³-hybridized carbons (Fsp3) is 0.435. The molecule has 1 fully saturated rings. The third-order valence-corrected chi connectivity index (χ3v) is 6.62. The minimum atomic E-state index is -1.11. The Balaban J connectivity index is 1.91. The highest BCUT2D eigenvalue weighted by molar-refractivity contribution is 6.21. The maximum Gasteiger partial charge on any atom is 0.336 e. The minimum Gasteiger partial charge on any atom is -0.478 e. The van der Waals surface area contributed by atoms with Crippen LogP contribution in [0.3, 0.4) is 0 Å². The first kappa shape index (κ1) is 21.7. The Morgan fingerprint density at radius 3 is 2.55 bits per heavy atom. The van der Waals surface area contributed by atoms with Gasteiger partial charge in [-0.2, -0.15) is 0 Å². The number of hydrogen-bond donors (Lipinski definition) is 2. The van der Waals surface area contributed by atoms with E-state index in [0.29, 0.717) is 29.5 Å². The van der Waals surface area contributed by atoms with Gasteiger partial charge in [-0.25, -0.2) is 13.6 Å². The largest absolute Gasteiger partial charge is 0.478 e. The summed E-state index contributed by atoms with van der Waals surface area (Å²) in [4.78, 5) is 11.8. The lowest BCUT2D eigenvalue weighted by molar-refractivity contribution is 0.0697. The molecule has 4 atom stereocenters. The van der Waals surface area contributed by atoms with Crippen molar-refractivity contribution in [2.45, 2.75) is 51.0 Å². The fourth-order valence-corrected chi connectivity index (χ4v) is 4.97. The summed E-state index contributed by atoms with van der Waals surface area (Å²) < 4.78 is 27.5. The Morgan fingerprint density at radius 2 is 1.93 bits per heavy atom. The van der Waals surface area contributed by atoms with Gasteiger partial charge in [0.05, 0.1) is 11.7 Å². The normalized spacial score (nSPS) is 24.1. The summed E-state index contributed by atoms with van der Waals surface area (Å²) in [6, 6.07) is 7.14. The lowest BCUT2D eigenvalue weighted by Crippen LogP contribution is -2.17. The van der Waals surface area contributed by atoms with Gasteiger partial charge < -0.3 is 10.2 Å². The van der Waals surface area contributed by atoms with Crippen molar-refractivity contribution in [2.75, 3.05) is 0 Å². The van der Waals surface area contributed by atoms with E-state index in [2.05, 4.69) is 0 Å². The molecular weight excluding hydrogens is 398 g/mol. The zero-order valence-corrected chi connectivity index (χ0v) is 17.2. The molecule has 6 heteroatoms. The number of rotatable bonds is 6. The lowest BCUT2D eigenvalue weighted by atomic mass is 9.87. The first-order valence-electron chi connectivity index (χ1n) is 9.84. The van der Waals surface area contributed by atoms with Crippen LogP contribution in [0.25, 0.3) is 11.1 Å². The molecule has 156 valence electrons. The fourth-order valence-electron chi connectivity index (χ4n) is 4.43. The highest BCUT2D eigenvalue weighted by atomic mass is 35.5. The lowest BCUT2D eigenvalue weighted by Gasteiger charge is -2.20. The smallest absolute Gasteiger partial charge is 0.336 e. The van der Waals surface area contributed by atoms with Gasteiger partial charge in [-0.15, -0.1) is 11.6 Å². The first-order valence-corrected chi connectivity index (χ1v) is 10.3. The number of aryl methyl sites for hydroxylation is 2. The van der Waals surface area contributed by atoms with E-state index in [-0.39, 0.29) is 22.8 Å². The van der Waals surface area contributed by atoms with Crippen LogP contribution >= 0.6 is 11.6 Å². The summed E-state index contributed by atoms with van der Waals surface area (Å²) in [5.74, 6) is -2.75. The van der Waals surface area contributed by atoms with Crippen molar-refractivity contribution in [3.05, 3.63) is 58.7 Å². The number of aliphatic hydroxyl groups excluding tert-OH is 1. The highest BCUT2D eigenvalue weighted by Crippen LogP contribution is 2.39. The molecule has 1 aliphatic rings. The van der Waals surface area contributed by atoms with E-state index >= 15 is 0 Å². The second-order valence-corrected chi connectivity index (χ2v) is 8.52. The van der Waals surface area contributed by atoms with E-state index in [4.69, 9.17) is 11.6 Å². The molecule has 3 rings (SSSR count). The zero-order valence-electron chi connectivity index (χ0n) is 16.5. The van der Waals surface area contributed by atoms with Gasteiger partial charge in [0.1, 0.15) is 0 Å². The Labute approximate surface area is 174 Å². The monoisotopic (exact) mass is 422 g/mol. The van der Waals surface area contributed by atoms with Crippen LogP contribution in [-0.4, -0.2) is 27.7 Å². The van der Waals surface area contributed by atoms with Crippen molar-refractivity contribution in [3.63, 3.8) is 0 Å². The molecule has 1 saturated carbocycles. The molecule has 29 heavy (non-hydrogen) atoms. The van der Waals surface area contributed by atoms with Crippen molar-refractivity contribution in [2.24, 2.45) is 11.8 Å². The van der Waals surface area contributed by atoms with Gasteiger partial charge in [-0.1, -0.05) is 19.1 Å². The summed E-state index contributed by atoms with van der Waals surface area (Å²) in [6.45, 7) is 3.64. The topological polar surface area (TPSA) is 57.5 Å². The Hall–Kier alpha value is -1.98. The minimum absolute atomic E-state index is 0.0662. The summed E-state index contributed by atoms with van der Waals surface area (Å²) in [7, 11) is 0. The van der Waals surface area contributed by atoms with Crippen molar-refractivity contribution < 1.29 is 23.8 Å². The van der Waals surface area contributed by atoms with E-state index < -0.39 is 23.7 Å². The van der Waals surface area contributed by atoms with Gasteiger partial charge in [-0.3, -0.25) is 0 Å². The van der Waals surface area contributed by atoms with Crippen LogP contribution in [0.2, 0.25) is 0 Å². The molecule has 0 spiro atoms. The molecule has 2 N–H and O–H groups in total. The summed E-state index contributed by atoms with van der Waals surface area (Å²) >= 11 is 6.38. The Morgan fingerprint density at radius 1 is 1.24 bits per heavy atom. The number of alkyl halides is 1. The third-order valence-electron chi connectivity index (χ3n) is 6.11. The van der Waals surface area contributed by atoms with Crippen LogP contribution in [0.4, 0.5) is 8.78 Å². The highest BCUT2D eigenvalue weighted by Gasteiger charge is 2.38. The summed E-state index contributed by atoms with van der Waals surface area (Å²) in [5, 5.41) is 19.6. The van der Waals surface area contributed by atoms with Crippen molar-refractivity contribution in [1.82, 2.24) is 0 Å². The zero-order chi connectivity index (χ0) is 21.3. The quantitative estimate of drug-likeness (QED) is 0.597. The molecular formula is C23H25ClF2O3. The van der Waals surface area contributed by atoms with E-state index in [9.17, 15) is 23.8 Å². The Bertz CT molecular complexity index is 915. The standard InChI is InChI=1S/C23H25ClF2O3/c1-12-9-19(25)20(26)10-17(12)22-14(6-4-8-16(22)23(28)29)5-3-7-15-13(2)21(27)11-18(15)24/h4,6,8-10,13,15,18,21,27H,3,5,7,11H2,1-2H3,(H,28,29)/t13-,15-,18-,21-/m1/s1. The predicted octanol–water partition coefficient (Wildman–Crippen LogP) is 5.59. The van der Waals surface area contributed by atoms with Crippen LogP contribution in [0.5, 0.6) is 0 Å². The van der Waals surface area contributed by atoms with Gasteiger partial charge in [-0.05, 0) is 84.9 Å². The average Bonchev–Trinajstić information content (AvgIpc) is 2.90. The molecule has 2 aromatic rings. The second-order valence-electron chi connectivity index (χ2n) is 7.96. The Kier molecular flexibility index (Phi) is 6.59. The molecule has 0 aliphatic heterocycles. The van der Waals surface area contributed by atoms with E-state index in [0.717, 1.165) is 30.5 Å². The maximum absolute atomic E-state index is 13.9. The number of carbonyl (C=O) groups is 1. The van der Waals surface area contributed by atoms with Gasteiger partial charge in [0, 0.05) is 5.38 Å². The number of aliphatic hydroxyl groups is 1. The van der Waals surface area contributed by atoms with Crippen LogP contribution < -0.4 is 0 Å². The maximum atomic E-state index is 13.9. The average molecular weight is 423 g/mol.